The Morgan fingerprint density at radius 3 is 2.56 bits per heavy atom. The van der Waals surface area contributed by atoms with Crippen LogP contribution < -0.4 is 10.0 Å². The van der Waals surface area contributed by atoms with E-state index in [0.29, 0.717) is 11.0 Å². The molecule has 2 heterocycles. The van der Waals surface area contributed by atoms with Crippen molar-refractivity contribution in [1.82, 2.24) is 15.3 Å². The van der Waals surface area contributed by atoms with E-state index in [1.807, 2.05) is 35.1 Å². The first-order valence-corrected chi connectivity index (χ1v) is 11.2. The highest BCUT2D eigenvalue weighted by Crippen LogP contribution is 2.29. The molecule has 0 aliphatic rings. The lowest BCUT2D eigenvalue weighted by Gasteiger charge is -2.11. The zero-order valence-electron chi connectivity index (χ0n) is 16.8. The van der Waals surface area contributed by atoms with Crippen LogP contribution in [0.2, 0.25) is 0 Å². The molecule has 4 rings (SSSR count). The minimum Gasteiger partial charge on any atom is -0.345 e. The molecule has 10 heteroatoms. The lowest BCUT2D eigenvalue weighted by Crippen LogP contribution is -2.26. The fourth-order valence-electron chi connectivity index (χ4n) is 3.35. The van der Waals surface area contributed by atoms with E-state index in [0.717, 1.165) is 23.3 Å². The first-order chi connectivity index (χ1) is 15.3. The maximum atomic E-state index is 15.1. The number of benzene rings is 2. The highest BCUT2D eigenvalue weighted by atomic mass is 32.2. The summed E-state index contributed by atoms with van der Waals surface area (Å²) in [6, 6.07) is 12.8. The van der Waals surface area contributed by atoms with E-state index in [9.17, 15) is 17.6 Å². The molecule has 0 radical (unpaired) electrons. The largest absolute Gasteiger partial charge is 0.345 e. The molecule has 0 spiro atoms. The fourth-order valence-corrected chi connectivity index (χ4v) is 4.29. The number of nitrogens with one attached hydrogen (secondary N) is 3. The molecule has 32 heavy (non-hydrogen) atoms. The van der Waals surface area contributed by atoms with Crippen LogP contribution in [0.5, 0.6) is 0 Å². The zero-order chi connectivity index (χ0) is 22.9. The summed E-state index contributed by atoms with van der Waals surface area (Å²) >= 11 is 0. The Balaban J connectivity index is 1.79. The van der Waals surface area contributed by atoms with E-state index in [1.165, 1.54) is 13.2 Å². The first-order valence-electron chi connectivity index (χ1n) is 9.51. The van der Waals surface area contributed by atoms with Gasteiger partial charge in [-0.15, -0.1) is 0 Å². The predicted octanol–water partition coefficient (Wildman–Crippen LogP) is 3.66. The molecule has 0 fully saturated rings. The van der Waals surface area contributed by atoms with Crippen molar-refractivity contribution in [1.29, 1.82) is 0 Å². The van der Waals surface area contributed by atoms with Crippen LogP contribution in [0.4, 0.5) is 14.5 Å². The van der Waals surface area contributed by atoms with E-state index in [4.69, 9.17) is 0 Å². The Labute approximate surface area is 182 Å². The number of rotatable bonds is 7. The molecule has 2 aromatic heterocycles. The monoisotopic (exact) mass is 456 g/mol. The normalized spacial score (nSPS) is 11.6. The quantitative estimate of drug-likeness (QED) is 0.368. The summed E-state index contributed by atoms with van der Waals surface area (Å²) < 4.78 is 55.5. The molecule has 3 N–H and O–H groups in total. The van der Waals surface area contributed by atoms with Crippen molar-refractivity contribution in [2.75, 3.05) is 17.6 Å². The molecule has 0 saturated heterocycles. The summed E-state index contributed by atoms with van der Waals surface area (Å²) in [4.78, 5) is 20.3. The van der Waals surface area contributed by atoms with Crippen LogP contribution in [0.1, 0.15) is 15.9 Å². The second-order valence-electron chi connectivity index (χ2n) is 7.02. The summed E-state index contributed by atoms with van der Waals surface area (Å²) in [5.74, 6) is -3.82. The van der Waals surface area contributed by atoms with Crippen LogP contribution in [0.25, 0.3) is 22.2 Å². The molecule has 164 valence electrons. The Bertz CT molecular complexity index is 1420. The van der Waals surface area contributed by atoms with Gasteiger partial charge in [-0.2, -0.15) is 0 Å². The van der Waals surface area contributed by atoms with Gasteiger partial charge in [-0.1, -0.05) is 30.3 Å². The molecule has 0 aliphatic heterocycles. The number of nitrogens with zero attached hydrogens (tertiary/aromatic N) is 1. The number of carbonyl (C=O) groups excluding carboxylic acids is 1. The number of carbonyl (C=O) groups is 1. The van der Waals surface area contributed by atoms with Gasteiger partial charge in [-0.3, -0.25) is 9.52 Å². The van der Waals surface area contributed by atoms with Crippen LogP contribution in [0, 0.1) is 11.6 Å². The molecule has 0 aliphatic carbocycles. The van der Waals surface area contributed by atoms with Gasteiger partial charge in [0, 0.05) is 28.9 Å². The third kappa shape index (κ3) is 4.10. The van der Waals surface area contributed by atoms with Gasteiger partial charge in [-0.05, 0) is 30.8 Å². The highest BCUT2D eigenvalue weighted by molar-refractivity contribution is 7.92. The Hall–Kier alpha value is -3.63. The van der Waals surface area contributed by atoms with Gasteiger partial charge >= 0.3 is 0 Å². The molecule has 4 aromatic rings. The van der Waals surface area contributed by atoms with Crippen LogP contribution >= 0.6 is 0 Å². The van der Waals surface area contributed by atoms with Crippen LogP contribution in [0.15, 0.2) is 60.9 Å². The van der Waals surface area contributed by atoms with E-state index < -0.39 is 44.6 Å². The number of hydrogen-bond donors (Lipinski definition) is 3. The molecular formula is C22H18F2N4O3S. The number of ketones is 1. The lowest BCUT2D eigenvalue weighted by atomic mass is 10.00. The lowest BCUT2D eigenvalue weighted by molar-refractivity contribution is 0.103. The fraction of sp³-hybridized carbons (Fsp3) is 0.0909. The maximum absolute atomic E-state index is 15.1. The third-order valence-electron chi connectivity index (χ3n) is 4.80. The maximum Gasteiger partial charge on any atom is 0.245 e. The SMILES string of the molecule is CNCS(=O)(=O)Nc1ccc(F)c(C(=O)c2c[nH]c3ncc(-c4ccccc4)cc23)c1F. The van der Waals surface area contributed by atoms with Gasteiger partial charge in [0.1, 0.15) is 17.3 Å². The van der Waals surface area contributed by atoms with E-state index >= 15 is 4.39 Å². The Morgan fingerprint density at radius 1 is 1.09 bits per heavy atom. The van der Waals surface area contributed by atoms with Gasteiger partial charge < -0.3 is 10.3 Å². The number of H-pyrrole nitrogens is 1. The molecule has 2 aromatic carbocycles. The van der Waals surface area contributed by atoms with Gasteiger partial charge in [0.2, 0.25) is 15.8 Å². The van der Waals surface area contributed by atoms with Crippen molar-refractivity contribution in [3.63, 3.8) is 0 Å². The van der Waals surface area contributed by atoms with Crippen LogP contribution in [-0.2, 0) is 10.0 Å². The number of aromatic amines is 1. The minimum atomic E-state index is -3.94. The summed E-state index contributed by atoms with van der Waals surface area (Å²) in [5, 5.41) is 2.82. The van der Waals surface area contributed by atoms with E-state index in [-0.39, 0.29) is 5.56 Å². The van der Waals surface area contributed by atoms with Crippen molar-refractivity contribution in [3.05, 3.63) is 83.7 Å². The second kappa shape index (κ2) is 8.48. The molecular weight excluding hydrogens is 438 g/mol. The third-order valence-corrected chi connectivity index (χ3v) is 6.00. The van der Waals surface area contributed by atoms with Crippen molar-refractivity contribution in [2.24, 2.45) is 0 Å². The van der Waals surface area contributed by atoms with Crippen LogP contribution in [-0.4, -0.2) is 37.1 Å². The van der Waals surface area contributed by atoms with Crippen molar-refractivity contribution < 1.29 is 22.0 Å². The topological polar surface area (TPSA) is 104 Å². The highest BCUT2D eigenvalue weighted by Gasteiger charge is 2.26. The summed E-state index contributed by atoms with van der Waals surface area (Å²) in [7, 11) is -2.53. The van der Waals surface area contributed by atoms with E-state index in [2.05, 4.69) is 15.3 Å². The molecule has 0 amide bonds. The first kappa shape index (κ1) is 21.6. The smallest absolute Gasteiger partial charge is 0.245 e. The van der Waals surface area contributed by atoms with Crippen molar-refractivity contribution in [2.45, 2.75) is 0 Å². The number of pyridine rings is 1. The average Bonchev–Trinajstić information content (AvgIpc) is 3.19. The number of sulfonamides is 1. The van der Waals surface area contributed by atoms with Gasteiger partial charge in [0.05, 0.1) is 11.3 Å². The minimum absolute atomic E-state index is 0.0123. The Morgan fingerprint density at radius 2 is 1.84 bits per heavy atom. The zero-order valence-corrected chi connectivity index (χ0v) is 17.6. The summed E-state index contributed by atoms with van der Waals surface area (Å²) in [6.07, 6.45) is 2.95. The summed E-state index contributed by atoms with van der Waals surface area (Å²) in [5.41, 5.74) is 0.590. The van der Waals surface area contributed by atoms with Crippen molar-refractivity contribution >= 4 is 32.5 Å². The molecule has 0 unspecified atom stereocenters. The molecule has 0 bridgehead atoms. The summed E-state index contributed by atoms with van der Waals surface area (Å²) in [6.45, 7) is 0. The number of aromatic nitrogens is 2. The number of hydrogen-bond acceptors (Lipinski definition) is 5. The number of halogens is 2. The van der Waals surface area contributed by atoms with Crippen molar-refractivity contribution in [3.8, 4) is 11.1 Å². The molecule has 0 saturated carbocycles. The van der Waals surface area contributed by atoms with Gasteiger partial charge in [0.25, 0.3) is 0 Å². The Kier molecular flexibility index (Phi) is 5.72. The van der Waals surface area contributed by atoms with Crippen LogP contribution in [0.3, 0.4) is 0 Å². The molecule has 7 nitrogen and oxygen atoms in total. The number of anilines is 1. The average molecular weight is 456 g/mol. The predicted molar refractivity (Wildman–Crippen MR) is 118 cm³/mol. The van der Waals surface area contributed by atoms with Gasteiger partial charge in [-0.25, -0.2) is 22.2 Å². The second-order valence-corrected chi connectivity index (χ2v) is 8.74. The molecule has 0 atom stereocenters. The van der Waals surface area contributed by atoms with E-state index in [1.54, 1.807) is 12.3 Å². The number of fused-ring (bicyclic) bond motifs is 1. The standard InChI is InChI=1S/C22H18F2N4O3S/c1-25-12-32(30,31)28-18-8-7-17(23)19(20(18)24)21(29)16-11-27-22-15(16)9-14(10-26-22)13-5-3-2-4-6-13/h2-11,25,28H,12H2,1H3,(H,26,27). The van der Waals surface area contributed by atoms with Gasteiger partial charge in [0.15, 0.2) is 5.82 Å².